The van der Waals surface area contributed by atoms with Gasteiger partial charge < -0.3 is 15.8 Å². The number of nitrogens with one attached hydrogen (secondary N) is 1. The molecule has 2 rings (SSSR count). The van der Waals surface area contributed by atoms with Crippen LogP contribution in [-0.4, -0.2) is 7.11 Å². The lowest BCUT2D eigenvalue weighted by molar-refractivity contribution is -0.137. The van der Waals surface area contributed by atoms with Gasteiger partial charge in [-0.05, 0) is 48.9 Å². The van der Waals surface area contributed by atoms with Crippen LogP contribution >= 0.6 is 0 Å². The minimum atomic E-state index is -4.40. The van der Waals surface area contributed by atoms with E-state index < -0.39 is 11.7 Å². The van der Waals surface area contributed by atoms with Gasteiger partial charge in [0.05, 0.1) is 24.0 Å². The summed E-state index contributed by atoms with van der Waals surface area (Å²) in [6, 6.07) is 8.60. The van der Waals surface area contributed by atoms with Crippen molar-refractivity contribution < 1.29 is 17.9 Å². The number of nitrogen functional groups attached to an aromatic ring is 1. The van der Waals surface area contributed by atoms with Crippen LogP contribution in [0.2, 0.25) is 0 Å². The molecule has 0 bridgehead atoms. The molecule has 0 fully saturated rings. The molecule has 112 valence electrons. The number of hydrogen-bond donors (Lipinski definition) is 2. The number of methoxy groups -OCH3 is 1. The zero-order valence-electron chi connectivity index (χ0n) is 11.6. The molecule has 3 nitrogen and oxygen atoms in total. The molecule has 0 radical (unpaired) electrons. The molecule has 0 saturated heterocycles. The third-order valence-corrected chi connectivity index (χ3v) is 3.08. The van der Waals surface area contributed by atoms with Gasteiger partial charge in [-0.1, -0.05) is 0 Å². The highest BCUT2D eigenvalue weighted by molar-refractivity contribution is 5.74. The van der Waals surface area contributed by atoms with E-state index in [0.717, 1.165) is 23.4 Å². The van der Waals surface area contributed by atoms with E-state index in [0.29, 0.717) is 11.4 Å². The Bertz CT molecular complexity index is 654. The van der Waals surface area contributed by atoms with Crippen molar-refractivity contribution in [3.63, 3.8) is 0 Å². The monoisotopic (exact) mass is 296 g/mol. The first-order valence-electron chi connectivity index (χ1n) is 6.19. The maximum absolute atomic E-state index is 12.6. The van der Waals surface area contributed by atoms with Crippen LogP contribution in [0.3, 0.4) is 0 Å². The average molecular weight is 296 g/mol. The number of nitrogens with two attached hydrogens (primary N) is 1. The van der Waals surface area contributed by atoms with Crippen LogP contribution in [0.5, 0.6) is 5.75 Å². The molecule has 2 aromatic carbocycles. The van der Waals surface area contributed by atoms with Gasteiger partial charge in [0.25, 0.3) is 0 Å². The fraction of sp³-hybridized carbons (Fsp3) is 0.200. The third-order valence-electron chi connectivity index (χ3n) is 3.08. The number of aryl methyl sites for hydroxylation is 1. The topological polar surface area (TPSA) is 47.3 Å². The van der Waals surface area contributed by atoms with Crippen molar-refractivity contribution in [2.45, 2.75) is 13.1 Å². The van der Waals surface area contributed by atoms with Gasteiger partial charge in [0.2, 0.25) is 0 Å². The highest BCUT2D eigenvalue weighted by Crippen LogP contribution is 2.34. The Kier molecular flexibility index (Phi) is 3.97. The van der Waals surface area contributed by atoms with Crippen molar-refractivity contribution in [1.82, 2.24) is 0 Å². The highest BCUT2D eigenvalue weighted by Gasteiger charge is 2.30. The van der Waals surface area contributed by atoms with E-state index in [1.54, 1.807) is 19.2 Å². The molecule has 0 aliphatic carbocycles. The van der Waals surface area contributed by atoms with Gasteiger partial charge in [0.15, 0.2) is 0 Å². The number of ether oxygens (including phenoxy) is 1. The Morgan fingerprint density at radius 3 is 2.24 bits per heavy atom. The molecule has 0 heterocycles. The second-order valence-electron chi connectivity index (χ2n) is 4.61. The van der Waals surface area contributed by atoms with Gasteiger partial charge in [-0.2, -0.15) is 13.2 Å². The van der Waals surface area contributed by atoms with E-state index in [1.165, 1.54) is 6.07 Å². The molecule has 0 atom stereocenters. The fourth-order valence-corrected chi connectivity index (χ4v) is 1.90. The minimum absolute atomic E-state index is 0.0417. The smallest absolute Gasteiger partial charge is 0.416 e. The van der Waals surface area contributed by atoms with Crippen LogP contribution < -0.4 is 15.8 Å². The van der Waals surface area contributed by atoms with Gasteiger partial charge in [0, 0.05) is 5.69 Å². The van der Waals surface area contributed by atoms with Gasteiger partial charge in [0.1, 0.15) is 5.75 Å². The first-order valence-corrected chi connectivity index (χ1v) is 6.19. The predicted molar refractivity (Wildman–Crippen MR) is 76.9 cm³/mol. The molecule has 0 amide bonds. The van der Waals surface area contributed by atoms with Gasteiger partial charge in [-0.15, -0.1) is 0 Å². The van der Waals surface area contributed by atoms with Gasteiger partial charge >= 0.3 is 6.18 Å². The molecule has 0 saturated carbocycles. The normalized spacial score (nSPS) is 11.3. The van der Waals surface area contributed by atoms with E-state index in [1.807, 2.05) is 13.0 Å². The van der Waals surface area contributed by atoms with Crippen LogP contribution in [0.25, 0.3) is 0 Å². The van der Waals surface area contributed by atoms with E-state index in [9.17, 15) is 13.2 Å². The van der Waals surface area contributed by atoms with Crippen LogP contribution in [0.4, 0.5) is 30.2 Å². The molecule has 0 spiro atoms. The first kappa shape index (κ1) is 15.0. The summed E-state index contributed by atoms with van der Waals surface area (Å²) in [5, 5.41) is 3.02. The number of anilines is 3. The van der Waals surface area contributed by atoms with E-state index in [4.69, 9.17) is 10.5 Å². The van der Waals surface area contributed by atoms with Crippen molar-refractivity contribution in [1.29, 1.82) is 0 Å². The Labute approximate surface area is 120 Å². The number of rotatable bonds is 3. The summed E-state index contributed by atoms with van der Waals surface area (Å²) >= 11 is 0. The molecule has 2 aromatic rings. The fourth-order valence-electron chi connectivity index (χ4n) is 1.90. The second-order valence-corrected chi connectivity index (χ2v) is 4.61. The average Bonchev–Trinajstić information content (AvgIpc) is 2.41. The maximum Gasteiger partial charge on any atom is 0.416 e. The molecule has 3 N–H and O–H groups in total. The molecular formula is C15H15F3N2O. The molecular weight excluding hydrogens is 281 g/mol. The molecule has 0 aliphatic heterocycles. The van der Waals surface area contributed by atoms with Crippen molar-refractivity contribution in [2.75, 3.05) is 18.2 Å². The zero-order valence-corrected chi connectivity index (χ0v) is 11.6. The standard InChI is InChI=1S/C15H15F3N2O/c1-9-7-11(21-2)4-6-13(9)20-14-5-3-10(8-12(14)19)15(16,17)18/h3-8,20H,19H2,1-2H3. The summed E-state index contributed by atoms with van der Waals surface area (Å²) in [6.07, 6.45) is -4.40. The summed E-state index contributed by atoms with van der Waals surface area (Å²) in [5.74, 6) is 0.707. The van der Waals surface area contributed by atoms with Crippen molar-refractivity contribution in [3.05, 3.63) is 47.5 Å². The summed E-state index contributed by atoms with van der Waals surface area (Å²) in [4.78, 5) is 0. The molecule has 0 aliphatic rings. The molecule has 21 heavy (non-hydrogen) atoms. The van der Waals surface area contributed by atoms with E-state index >= 15 is 0 Å². The number of alkyl halides is 3. The van der Waals surface area contributed by atoms with Crippen molar-refractivity contribution in [2.24, 2.45) is 0 Å². The third kappa shape index (κ3) is 3.39. The predicted octanol–water partition coefficient (Wildman–Crippen LogP) is 4.35. The largest absolute Gasteiger partial charge is 0.497 e. The van der Waals surface area contributed by atoms with Crippen LogP contribution in [0.1, 0.15) is 11.1 Å². The summed E-state index contributed by atoms with van der Waals surface area (Å²) < 4.78 is 42.9. The molecule has 0 unspecified atom stereocenters. The van der Waals surface area contributed by atoms with E-state index in [-0.39, 0.29) is 5.69 Å². The lowest BCUT2D eigenvalue weighted by Crippen LogP contribution is -2.07. The van der Waals surface area contributed by atoms with Gasteiger partial charge in [-0.3, -0.25) is 0 Å². The summed E-state index contributed by atoms with van der Waals surface area (Å²) in [6.45, 7) is 1.87. The van der Waals surface area contributed by atoms with Gasteiger partial charge in [-0.25, -0.2) is 0 Å². The zero-order chi connectivity index (χ0) is 15.6. The Morgan fingerprint density at radius 1 is 1.05 bits per heavy atom. The van der Waals surface area contributed by atoms with E-state index in [2.05, 4.69) is 5.32 Å². The first-order chi connectivity index (χ1) is 9.81. The van der Waals surface area contributed by atoms with Crippen molar-refractivity contribution >= 4 is 17.1 Å². The summed E-state index contributed by atoms with van der Waals surface area (Å²) in [5.41, 5.74) is 7.04. The van der Waals surface area contributed by atoms with Crippen LogP contribution in [-0.2, 0) is 6.18 Å². The highest BCUT2D eigenvalue weighted by atomic mass is 19.4. The van der Waals surface area contributed by atoms with Crippen LogP contribution in [0, 0.1) is 6.92 Å². The Balaban J connectivity index is 2.28. The maximum atomic E-state index is 12.6. The minimum Gasteiger partial charge on any atom is -0.497 e. The van der Waals surface area contributed by atoms with Crippen molar-refractivity contribution in [3.8, 4) is 5.75 Å². The molecule has 0 aromatic heterocycles. The Morgan fingerprint density at radius 2 is 1.71 bits per heavy atom. The number of halogens is 3. The molecule has 6 heteroatoms. The Hall–Kier alpha value is -2.37. The summed E-state index contributed by atoms with van der Waals surface area (Å²) in [7, 11) is 1.57. The number of benzene rings is 2. The lowest BCUT2D eigenvalue weighted by Gasteiger charge is -2.14. The SMILES string of the molecule is COc1ccc(Nc2ccc(C(F)(F)F)cc2N)c(C)c1. The van der Waals surface area contributed by atoms with Crippen LogP contribution in [0.15, 0.2) is 36.4 Å². The lowest BCUT2D eigenvalue weighted by atomic mass is 10.1. The number of hydrogen-bond acceptors (Lipinski definition) is 3. The second kappa shape index (κ2) is 5.55. The quantitative estimate of drug-likeness (QED) is 0.828.